The number of piperidine rings is 1. The molecule has 1 rings (SSSR count). The van der Waals surface area contributed by atoms with E-state index < -0.39 is 0 Å². The van der Waals surface area contributed by atoms with Crippen LogP contribution in [-0.4, -0.2) is 30.9 Å². The third-order valence-corrected chi connectivity index (χ3v) is 2.10. The molecule has 1 atom stereocenters. The van der Waals surface area contributed by atoms with Crippen molar-refractivity contribution in [3.63, 3.8) is 0 Å². The second-order valence-corrected chi connectivity index (χ2v) is 2.91. The average molecular weight is 142 g/mol. The zero-order chi connectivity index (χ0) is 7.56. The van der Waals surface area contributed by atoms with Crippen molar-refractivity contribution < 1.29 is 4.79 Å². The number of likely N-dealkylation sites (tertiary alicyclic amines) is 1. The molecule has 0 spiro atoms. The van der Waals surface area contributed by atoms with Gasteiger partial charge in [-0.15, -0.1) is 0 Å². The number of carbonyl (C=O) groups excluding carboxylic acids is 1. The predicted octanol–water partition coefficient (Wildman–Crippen LogP) is -0.187. The zero-order valence-corrected chi connectivity index (χ0v) is 6.34. The minimum atomic E-state index is 0.238. The molecule has 3 heteroatoms. The lowest BCUT2D eigenvalue weighted by molar-refractivity contribution is -0.133. The van der Waals surface area contributed by atoms with Crippen LogP contribution in [0.4, 0.5) is 0 Å². The molecule has 58 valence electrons. The highest BCUT2D eigenvalue weighted by Crippen LogP contribution is 2.14. The van der Waals surface area contributed by atoms with Crippen LogP contribution < -0.4 is 5.73 Å². The van der Waals surface area contributed by atoms with Crippen molar-refractivity contribution in [1.29, 1.82) is 0 Å². The minimum absolute atomic E-state index is 0.238. The standard InChI is InChI=1S/C7H14N2O/c1-9-3-2-6(5-8)4-7(9)10/h6H,2-5,8H2,1H3. The first-order chi connectivity index (χ1) is 4.74. The highest BCUT2D eigenvalue weighted by Gasteiger charge is 2.21. The molecule has 1 fully saturated rings. The summed E-state index contributed by atoms with van der Waals surface area (Å²) in [5.41, 5.74) is 5.44. The van der Waals surface area contributed by atoms with Crippen LogP contribution in [0.25, 0.3) is 0 Å². The summed E-state index contributed by atoms with van der Waals surface area (Å²) in [6.07, 6.45) is 1.71. The van der Waals surface area contributed by atoms with Crippen LogP contribution in [0, 0.1) is 5.92 Å². The zero-order valence-electron chi connectivity index (χ0n) is 6.34. The SMILES string of the molecule is CN1CCC(CN)CC1=O. The van der Waals surface area contributed by atoms with Crippen molar-refractivity contribution in [1.82, 2.24) is 4.90 Å². The highest BCUT2D eigenvalue weighted by molar-refractivity contribution is 5.76. The summed E-state index contributed by atoms with van der Waals surface area (Å²) in [5, 5.41) is 0. The van der Waals surface area contributed by atoms with Crippen molar-refractivity contribution in [2.24, 2.45) is 11.7 Å². The molecular formula is C7H14N2O. The molecule has 0 aromatic heterocycles. The van der Waals surface area contributed by atoms with E-state index in [9.17, 15) is 4.79 Å². The van der Waals surface area contributed by atoms with Gasteiger partial charge >= 0.3 is 0 Å². The lowest BCUT2D eigenvalue weighted by atomic mass is 9.97. The van der Waals surface area contributed by atoms with Crippen LogP contribution in [0.3, 0.4) is 0 Å². The Kier molecular flexibility index (Phi) is 2.27. The van der Waals surface area contributed by atoms with E-state index in [2.05, 4.69) is 0 Å². The van der Waals surface area contributed by atoms with Crippen molar-refractivity contribution in [3.8, 4) is 0 Å². The molecule has 0 aliphatic carbocycles. The van der Waals surface area contributed by atoms with E-state index in [1.54, 1.807) is 4.90 Å². The first-order valence-corrected chi connectivity index (χ1v) is 3.68. The first-order valence-electron chi connectivity index (χ1n) is 3.68. The van der Waals surface area contributed by atoms with E-state index in [-0.39, 0.29) is 5.91 Å². The highest BCUT2D eigenvalue weighted by atomic mass is 16.2. The summed E-state index contributed by atoms with van der Waals surface area (Å²) in [6, 6.07) is 0. The molecular weight excluding hydrogens is 128 g/mol. The number of rotatable bonds is 1. The Bertz CT molecular complexity index is 136. The second kappa shape index (κ2) is 3.01. The van der Waals surface area contributed by atoms with E-state index in [0.717, 1.165) is 13.0 Å². The summed E-state index contributed by atoms with van der Waals surface area (Å²) in [6.45, 7) is 1.53. The molecule has 0 aromatic carbocycles. The van der Waals surface area contributed by atoms with E-state index in [4.69, 9.17) is 5.73 Å². The largest absolute Gasteiger partial charge is 0.346 e. The number of hydrogen-bond acceptors (Lipinski definition) is 2. The normalized spacial score (nSPS) is 27.2. The van der Waals surface area contributed by atoms with Crippen LogP contribution in [0.1, 0.15) is 12.8 Å². The summed E-state index contributed by atoms with van der Waals surface area (Å²) < 4.78 is 0. The first kappa shape index (κ1) is 7.54. The van der Waals surface area contributed by atoms with Crippen LogP contribution in [-0.2, 0) is 4.79 Å². The van der Waals surface area contributed by atoms with Gasteiger partial charge in [0.05, 0.1) is 0 Å². The third-order valence-electron chi connectivity index (χ3n) is 2.10. The fraction of sp³-hybridized carbons (Fsp3) is 0.857. The second-order valence-electron chi connectivity index (χ2n) is 2.91. The van der Waals surface area contributed by atoms with Crippen LogP contribution in [0.5, 0.6) is 0 Å². The van der Waals surface area contributed by atoms with E-state index in [1.165, 1.54) is 0 Å². The van der Waals surface area contributed by atoms with Crippen LogP contribution in [0.15, 0.2) is 0 Å². The van der Waals surface area contributed by atoms with Gasteiger partial charge in [0.1, 0.15) is 0 Å². The monoisotopic (exact) mass is 142 g/mol. The quantitative estimate of drug-likeness (QED) is 0.551. The van der Waals surface area contributed by atoms with Gasteiger partial charge in [0.2, 0.25) is 5.91 Å². The van der Waals surface area contributed by atoms with Crippen molar-refractivity contribution >= 4 is 5.91 Å². The molecule has 2 N–H and O–H groups in total. The molecule has 1 aliphatic rings. The molecule has 1 saturated heterocycles. The number of hydrogen-bond donors (Lipinski definition) is 1. The van der Waals surface area contributed by atoms with Gasteiger partial charge in [-0.3, -0.25) is 4.79 Å². The maximum atomic E-state index is 11.0. The molecule has 0 aromatic rings. The molecule has 1 unspecified atom stereocenters. The van der Waals surface area contributed by atoms with Crippen molar-refractivity contribution in [2.45, 2.75) is 12.8 Å². The van der Waals surface area contributed by atoms with Gasteiger partial charge in [0, 0.05) is 20.0 Å². The minimum Gasteiger partial charge on any atom is -0.346 e. The number of nitrogens with two attached hydrogens (primary N) is 1. The van der Waals surface area contributed by atoms with E-state index in [0.29, 0.717) is 18.9 Å². The lowest BCUT2D eigenvalue weighted by Gasteiger charge is -2.27. The van der Waals surface area contributed by atoms with Gasteiger partial charge in [0.25, 0.3) is 0 Å². The summed E-state index contributed by atoms with van der Waals surface area (Å²) >= 11 is 0. The topological polar surface area (TPSA) is 46.3 Å². The number of nitrogens with zero attached hydrogens (tertiary/aromatic N) is 1. The average Bonchev–Trinajstić information content (AvgIpc) is 1.95. The molecule has 1 aliphatic heterocycles. The molecule has 1 amide bonds. The smallest absolute Gasteiger partial charge is 0.222 e. The number of carbonyl (C=O) groups is 1. The predicted molar refractivity (Wildman–Crippen MR) is 39.4 cm³/mol. The molecule has 0 bridgehead atoms. The van der Waals surface area contributed by atoms with Crippen LogP contribution in [0.2, 0.25) is 0 Å². The lowest BCUT2D eigenvalue weighted by Crippen LogP contribution is -2.37. The molecule has 1 heterocycles. The Labute approximate surface area is 61.2 Å². The summed E-state index contributed by atoms with van der Waals surface area (Å²) in [4.78, 5) is 12.8. The van der Waals surface area contributed by atoms with Gasteiger partial charge in [-0.1, -0.05) is 0 Å². The van der Waals surface area contributed by atoms with E-state index in [1.807, 2.05) is 7.05 Å². The van der Waals surface area contributed by atoms with E-state index >= 15 is 0 Å². The van der Waals surface area contributed by atoms with Crippen molar-refractivity contribution in [3.05, 3.63) is 0 Å². The van der Waals surface area contributed by atoms with Crippen molar-refractivity contribution in [2.75, 3.05) is 20.1 Å². The number of amides is 1. The van der Waals surface area contributed by atoms with Gasteiger partial charge in [0.15, 0.2) is 0 Å². The maximum Gasteiger partial charge on any atom is 0.222 e. The van der Waals surface area contributed by atoms with Gasteiger partial charge in [-0.2, -0.15) is 0 Å². The summed E-state index contributed by atoms with van der Waals surface area (Å²) in [5.74, 6) is 0.672. The Morgan fingerprint density at radius 2 is 2.50 bits per heavy atom. The maximum absolute atomic E-state index is 11.0. The molecule has 0 saturated carbocycles. The third kappa shape index (κ3) is 1.48. The molecule has 3 nitrogen and oxygen atoms in total. The Hall–Kier alpha value is -0.570. The van der Waals surface area contributed by atoms with Gasteiger partial charge < -0.3 is 10.6 Å². The molecule has 0 radical (unpaired) electrons. The fourth-order valence-corrected chi connectivity index (χ4v) is 1.21. The fourth-order valence-electron chi connectivity index (χ4n) is 1.21. The Morgan fingerprint density at radius 1 is 1.80 bits per heavy atom. The Balaban J connectivity index is 2.41. The van der Waals surface area contributed by atoms with Gasteiger partial charge in [-0.25, -0.2) is 0 Å². The van der Waals surface area contributed by atoms with Gasteiger partial charge in [-0.05, 0) is 18.9 Å². The summed E-state index contributed by atoms with van der Waals surface area (Å²) in [7, 11) is 1.84. The molecule has 10 heavy (non-hydrogen) atoms. The van der Waals surface area contributed by atoms with Crippen LogP contribution >= 0.6 is 0 Å². The Morgan fingerprint density at radius 3 is 3.00 bits per heavy atom.